The predicted molar refractivity (Wildman–Crippen MR) is 105 cm³/mol. The summed E-state index contributed by atoms with van der Waals surface area (Å²) in [7, 11) is 0. The minimum atomic E-state index is -0.508. The van der Waals surface area contributed by atoms with Gasteiger partial charge in [-0.3, -0.25) is 9.80 Å². The molecule has 150 valence electrons. The van der Waals surface area contributed by atoms with Gasteiger partial charge in [0.05, 0.1) is 38.6 Å². The Bertz CT molecular complexity index is 737. The summed E-state index contributed by atoms with van der Waals surface area (Å²) in [5.74, 6) is 2.66. The van der Waals surface area contributed by atoms with Crippen LogP contribution in [0, 0.1) is 0 Å². The Labute approximate surface area is 165 Å². The van der Waals surface area contributed by atoms with Gasteiger partial charge in [0, 0.05) is 25.7 Å². The molecule has 7 nitrogen and oxygen atoms in total. The first-order valence-electron chi connectivity index (χ1n) is 9.86. The summed E-state index contributed by atoms with van der Waals surface area (Å²) in [5.41, 5.74) is 0. The van der Waals surface area contributed by atoms with Gasteiger partial charge in [0.25, 0.3) is 5.82 Å². The van der Waals surface area contributed by atoms with Crippen LogP contribution in [0.15, 0.2) is 48.7 Å². The van der Waals surface area contributed by atoms with Crippen LogP contribution in [0.5, 0.6) is 11.5 Å². The van der Waals surface area contributed by atoms with Gasteiger partial charge in [-0.25, -0.2) is 4.98 Å². The van der Waals surface area contributed by atoms with Gasteiger partial charge in [-0.1, -0.05) is 18.2 Å². The number of ether oxygens (including phenoxy) is 3. The molecule has 2 N–H and O–H groups in total. The molecule has 0 unspecified atom stereocenters. The van der Waals surface area contributed by atoms with Gasteiger partial charge in [-0.15, -0.1) is 0 Å². The maximum atomic E-state index is 10.3. The molecule has 0 saturated carbocycles. The summed E-state index contributed by atoms with van der Waals surface area (Å²) in [6.45, 7) is 5.54. The summed E-state index contributed by atoms with van der Waals surface area (Å²) in [6.07, 6.45) is 1.29. The molecule has 2 aliphatic rings. The van der Waals surface area contributed by atoms with E-state index in [4.69, 9.17) is 14.2 Å². The number of aromatic amines is 1. The Morgan fingerprint density at radius 2 is 1.86 bits per heavy atom. The van der Waals surface area contributed by atoms with Gasteiger partial charge in [0.1, 0.15) is 6.61 Å². The van der Waals surface area contributed by atoms with E-state index in [1.807, 2.05) is 42.6 Å². The van der Waals surface area contributed by atoms with Crippen LogP contribution >= 0.6 is 0 Å². The second-order valence-electron chi connectivity index (χ2n) is 7.22. The average molecular weight is 386 g/mol. The second-order valence-corrected chi connectivity index (χ2v) is 7.22. The number of benzene rings is 1. The van der Waals surface area contributed by atoms with Crippen LogP contribution < -0.4 is 19.4 Å². The van der Waals surface area contributed by atoms with Crippen LogP contribution in [0.2, 0.25) is 0 Å². The van der Waals surface area contributed by atoms with Crippen LogP contribution in [0.4, 0.5) is 5.82 Å². The smallest absolute Gasteiger partial charge is 0.274 e. The van der Waals surface area contributed by atoms with E-state index in [2.05, 4.69) is 20.9 Å². The highest BCUT2D eigenvalue weighted by atomic mass is 16.6. The molecule has 0 bridgehead atoms. The Morgan fingerprint density at radius 1 is 1.07 bits per heavy atom. The predicted octanol–water partition coefficient (Wildman–Crippen LogP) is 0.840. The highest BCUT2D eigenvalue weighted by Crippen LogP contribution is 2.30. The van der Waals surface area contributed by atoms with Crippen molar-refractivity contribution in [2.45, 2.75) is 12.2 Å². The van der Waals surface area contributed by atoms with Crippen molar-refractivity contribution in [3.05, 3.63) is 48.7 Å². The minimum absolute atomic E-state index is 0.146. The van der Waals surface area contributed by atoms with Gasteiger partial charge >= 0.3 is 0 Å². The number of rotatable bonds is 7. The number of hydrogen-bond acceptors (Lipinski definition) is 6. The lowest BCUT2D eigenvalue weighted by Crippen LogP contribution is -2.50. The Balaban J connectivity index is 1.14. The normalized spacial score (nSPS) is 20.8. The lowest BCUT2D eigenvalue weighted by molar-refractivity contribution is -0.364. The van der Waals surface area contributed by atoms with Crippen molar-refractivity contribution in [2.24, 2.45) is 0 Å². The first-order chi connectivity index (χ1) is 13.8. The van der Waals surface area contributed by atoms with E-state index >= 15 is 0 Å². The maximum Gasteiger partial charge on any atom is 0.274 e. The third-order valence-corrected chi connectivity index (χ3v) is 5.06. The fourth-order valence-electron chi connectivity index (χ4n) is 3.58. The molecule has 28 heavy (non-hydrogen) atoms. The number of pyridine rings is 1. The van der Waals surface area contributed by atoms with E-state index in [1.54, 1.807) is 0 Å². The van der Waals surface area contributed by atoms with E-state index < -0.39 is 6.10 Å². The number of hydrogen-bond donors (Lipinski definition) is 1. The third-order valence-electron chi connectivity index (χ3n) is 5.06. The summed E-state index contributed by atoms with van der Waals surface area (Å²) in [5, 5.41) is 10.3. The zero-order valence-electron chi connectivity index (χ0n) is 16.0. The molecule has 1 fully saturated rings. The van der Waals surface area contributed by atoms with E-state index in [0.717, 1.165) is 43.5 Å². The number of aromatic nitrogens is 1. The highest BCUT2D eigenvalue weighted by molar-refractivity contribution is 5.40. The summed E-state index contributed by atoms with van der Waals surface area (Å²) in [6, 6.07) is 13.7. The Hall–Kier alpha value is -2.35. The monoisotopic (exact) mass is 386 g/mol. The average Bonchev–Trinajstić information content (AvgIpc) is 2.75. The summed E-state index contributed by atoms with van der Waals surface area (Å²) in [4.78, 5) is 7.89. The van der Waals surface area contributed by atoms with Crippen molar-refractivity contribution in [3.8, 4) is 11.5 Å². The van der Waals surface area contributed by atoms with Gasteiger partial charge in [0.2, 0.25) is 0 Å². The van der Waals surface area contributed by atoms with Gasteiger partial charge in [-0.2, -0.15) is 0 Å². The SMILES string of the molecule is O[C@@H](COC[C@H]1COc2ccccc2O1)CN1CCN(c2cccc[nH+]2)CC1. The number of aliphatic hydroxyl groups is 1. The second kappa shape index (κ2) is 9.23. The molecule has 0 spiro atoms. The highest BCUT2D eigenvalue weighted by Gasteiger charge is 2.25. The van der Waals surface area contributed by atoms with E-state index in [-0.39, 0.29) is 6.10 Å². The lowest BCUT2D eigenvalue weighted by Gasteiger charge is -2.32. The Kier molecular flexibility index (Phi) is 6.26. The van der Waals surface area contributed by atoms with Gasteiger partial charge in [-0.05, 0) is 18.2 Å². The zero-order valence-corrected chi connectivity index (χ0v) is 16.0. The molecule has 3 heterocycles. The van der Waals surface area contributed by atoms with Crippen molar-refractivity contribution in [1.82, 2.24) is 4.90 Å². The number of nitrogens with one attached hydrogen (secondary N) is 1. The molecule has 0 radical (unpaired) electrons. The molecular weight excluding hydrogens is 358 g/mol. The fourth-order valence-corrected chi connectivity index (χ4v) is 3.58. The van der Waals surface area contributed by atoms with Crippen molar-refractivity contribution >= 4 is 5.82 Å². The van der Waals surface area contributed by atoms with Crippen LogP contribution in [-0.2, 0) is 4.74 Å². The largest absolute Gasteiger partial charge is 0.486 e. The third kappa shape index (κ3) is 4.92. The molecule has 1 aromatic carbocycles. The van der Waals surface area contributed by atoms with Crippen LogP contribution in [0.3, 0.4) is 0 Å². The molecule has 1 aromatic heterocycles. The number of fused-ring (bicyclic) bond motifs is 1. The number of anilines is 1. The van der Waals surface area contributed by atoms with Crippen LogP contribution in [0.25, 0.3) is 0 Å². The molecule has 4 rings (SSSR count). The van der Waals surface area contributed by atoms with Crippen molar-refractivity contribution in [1.29, 1.82) is 0 Å². The molecule has 2 aromatic rings. The summed E-state index contributed by atoms with van der Waals surface area (Å²) < 4.78 is 17.2. The Morgan fingerprint density at radius 3 is 2.64 bits per heavy atom. The standard InChI is InChI=1S/C21H27N3O4/c25-17(13-23-9-11-24(12-10-23)21-7-3-4-8-22-21)14-26-15-18-16-27-19-5-1-2-6-20(19)28-18/h1-8,17-18,25H,9-16H2/p+1/t17-,18+/m1/s1. The molecule has 7 heteroatoms. The van der Waals surface area contributed by atoms with E-state index in [0.29, 0.717) is 26.4 Å². The molecule has 1 saturated heterocycles. The molecule has 0 amide bonds. The minimum Gasteiger partial charge on any atom is -0.486 e. The fraction of sp³-hybridized carbons (Fsp3) is 0.476. The van der Waals surface area contributed by atoms with Crippen molar-refractivity contribution in [3.63, 3.8) is 0 Å². The molecule has 2 aliphatic heterocycles. The van der Waals surface area contributed by atoms with Crippen molar-refractivity contribution < 1.29 is 24.3 Å². The van der Waals surface area contributed by atoms with Gasteiger partial charge < -0.3 is 19.3 Å². The number of β-amino-alcohol motifs (C(OH)–C–C–N with tert-alkyl or cyclic N) is 1. The first kappa shape index (κ1) is 19.0. The van der Waals surface area contributed by atoms with E-state index in [1.165, 1.54) is 0 Å². The number of nitrogens with zero attached hydrogens (tertiary/aromatic N) is 2. The molecule has 2 atom stereocenters. The lowest BCUT2D eigenvalue weighted by atomic mass is 10.2. The van der Waals surface area contributed by atoms with E-state index in [9.17, 15) is 5.11 Å². The first-order valence-corrected chi connectivity index (χ1v) is 9.86. The summed E-state index contributed by atoms with van der Waals surface area (Å²) >= 11 is 0. The quantitative estimate of drug-likeness (QED) is 0.761. The van der Waals surface area contributed by atoms with Crippen LogP contribution in [-0.4, -0.2) is 74.8 Å². The van der Waals surface area contributed by atoms with Crippen molar-refractivity contribution in [2.75, 3.05) is 57.4 Å². The number of H-pyrrole nitrogens is 1. The molecular formula is C21H28N3O4+. The maximum absolute atomic E-state index is 10.3. The number of aliphatic hydroxyl groups excluding tert-OH is 1. The number of piperazine rings is 1. The topological polar surface area (TPSA) is 68.5 Å². The molecule has 0 aliphatic carbocycles. The van der Waals surface area contributed by atoms with Crippen LogP contribution in [0.1, 0.15) is 0 Å². The number of para-hydroxylation sites is 2. The van der Waals surface area contributed by atoms with Gasteiger partial charge in [0.15, 0.2) is 17.6 Å². The zero-order chi connectivity index (χ0) is 19.2.